The first-order valence-corrected chi connectivity index (χ1v) is 9.42. The molecule has 2 N–H and O–H groups in total. The molecule has 0 amide bonds. The lowest BCUT2D eigenvalue weighted by Gasteiger charge is -2.35. The van der Waals surface area contributed by atoms with Gasteiger partial charge < -0.3 is 10.6 Å². The number of rotatable bonds is 8. The van der Waals surface area contributed by atoms with Crippen molar-refractivity contribution in [3.8, 4) is 0 Å². The van der Waals surface area contributed by atoms with E-state index in [-0.39, 0.29) is 24.0 Å². The fraction of sp³-hybridized carbons (Fsp3) is 0.778. The van der Waals surface area contributed by atoms with Gasteiger partial charge in [-0.25, -0.2) is 0 Å². The summed E-state index contributed by atoms with van der Waals surface area (Å²) < 4.78 is 1.96. The molecule has 1 saturated heterocycles. The summed E-state index contributed by atoms with van der Waals surface area (Å²) in [4.78, 5) is 7.36. The van der Waals surface area contributed by atoms with Crippen LogP contribution >= 0.6 is 24.0 Å². The maximum absolute atomic E-state index is 4.78. The van der Waals surface area contributed by atoms with Gasteiger partial charge in [0.1, 0.15) is 0 Å². The van der Waals surface area contributed by atoms with E-state index < -0.39 is 0 Å². The van der Waals surface area contributed by atoms with Gasteiger partial charge in [0.25, 0.3) is 0 Å². The number of piperidine rings is 1. The van der Waals surface area contributed by atoms with Crippen LogP contribution in [0.2, 0.25) is 0 Å². The molecule has 0 aliphatic carbocycles. The van der Waals surface area contributed by atoms with Crippen LogP contribution in [0.4, 0.5) is 0 Å². The minimum absolute atomic E-state index is 0. The SMILES string of the molecule is CCNC(=NCC(C)N1CCCC(C)C1)NCCCn1cccn1.I. The van der Waals surface area contributed by atoms with Crippen LogP contribution in [0.25, 0.3) is 0 Å². The van der Waals surface area contributed by atoms with Gasteiger partial charge in [-0.1, -0.05) is 6.92 Å². The van der Waals surface area contributed by atoms with E-state index in [2.05, 4.69) is 41.4 Å². The monoisotopic (exact) mass is 462 g/mol. The van der Waals surface area contributed by atoms with Crippen molar-refractivity contribution < 1.29 is 0 Å². The van der Waals surface area contributed by atoms with Crippen molar-refractivity contribution in [1.82, 2.24) is 25.3 Å². The van der Waals surface area contributed by atoms with E-state index >= 15 is 0 Å². The lowest BCUT2D eigenvalue weighted by atomic mass is 9.99. The smallest absolute Gasteiger partial charge is 0.191 e. The van der Waals surface area contributed by atoms with Crippen LogP contribution in [0.1, 0.15) is 40.0 Å². The predicted molar refractivity (Wildman–Crippen MR) is 116 cm³/mol. The molecule has 2 heterocycles. The van der Waals surface area contributed by atoms with Crippen LogP contribution in [0.5, 0.6) is 0 Å². The van der Waals surface area contributed by atoms with Gasteiger partial charge in [-0.2, -0.15) is 5.10 Å². The van der Waals surface area contributed by atoms with E-state index in [1.54, 1.807) is 0 Å². The van der Waals surface area contributed by atoms with Crippen molar-refractivity contribution in [2.75, 3.05) is 32.7 Å². The van der Waals surface area contributed by atoms with Gasteiger partial charge in [0.05, 0.1) is 6.54 Å². The summed E-state index contributed by atoms with van der Waals surface area (Å²) in [7, 11) is 0. The third-order valence-corrected chi connectivity index (χ3v) is 4.59. The Bertz CT molecular complexity index is 476. The zero-order valence-electron chi connectivity index (χ0n) is 15.9. The summed E-state index contributed by atoms with van der Waals surface area (Å²) >= 11 is 0. The van der Waals surface area contributed by atoms with Crippen molar-refractivity contribution >= 4 is 29.9 Å². The molecule has 0 radical (unpaired) electrons. The van der Waals surface area contributed by atoms with Gasteiger partial charge in [0, 0.05) is 44.6 Å². The average molecular weight is 462 g/mol. The fourth-order valence-electron chi connectivity index (χ4n) is 3.19. The van der Waals surface area contributed by atoms with Crippen molar-refractivity contribution in [2.45, 2.75) is 52.6 Å². The van der Waals surface area contributed by atoms with Gasteiger partial charge in [0.2, 0.25) is 0 Å². The van der Waals surface area contributed by atoms with E-state index in [0.29, 0.717) is 6.04 Å². The fourth-order valence-corrected chi connectivity index (χ4v) is 3.19. The van der Waals surface area contributed by atoms with E-state index in [0.717, 1.165) is 44.5 Å². The van der Waals surface area contributed by atoms with Crippen molar-refractivity contribution in [3.05, 3.63) is 18.5 Å². The van der Waals surface area contributed by atoms with Crippen LogP contribution in [0, 0.1) is 5.92 Å². The maximum atomic E-state index is 4.78. The Morgan fingerprint density at radius 2 is 2.24 bits per heavy atom. The first-order valence-electron chi connectivity index (χ1n) is 9.42. The highest BCUT2D eigenvalue weighted by Crippen LogP contribution is 2.17. The van der Waals surface area contributed by atoms with Crippen LogP contribution in [-0.2, 0) is 6.54 Å². The Hall–Kier alpha value is -0.830. The number of hydrogen-bond acceptors (Lipinski definition) is 3. The number of halogens is 1. The lowest BCUT2D eigenvalue weighted by Crippen LogP contribution is -2.43. The van der Waals surface area contributed by atoms with Gasteiger partial charge in [-0.05, 0) is 51.6 Å². The van der Waals surface area contributed by atoms with E-state index in [1.165, 1.54) is 25.9 Å². The Morgan fingerprint density at radius 1 is 1.40 bits per heavy atom. The minimum atomic E-state index is 0. The Balaban J connectivity index is 0.00000312. The van der Waals surface area contributed by atoms with Gasteiger partial charge in [-0.15, -0.1) is 24.0 Å². The first-order chi connectivity index (χ1) is 11.7. The third-order valence-electron chi connectivity index (χ3n) is 4.59. The second kappa shape index (κ2) is 12.5. The molecule has 25 heavy (non-hydrogen) atoms. The molecule has 2 atom stereocenters. The largest absolute Gasteiger partial charge is 0.357 e. The van der Waals surface area contributed by atoms with Crippen LogP contribution in [0.15, 0.2) is 23.5 Å². The van der Waals surface area contributed by atoms with E-state index in [1.807, 2.05) is 23.1 Å². The van der Waals surface area contributed by atoms with Crippen LogP contribution in [-0.4, -0.2) is 59.4 Å². The highest BCUT2D eigenvalue weighted by molar-refractivity contribution is 14.0. The Kier molecular flexibility index (Phi) is 11.1. The Morgan fingerprint density at radius 3 is 2.92 bits per heavy atom. The van der Waals surface area contributed by atoms with Crippen molar-refractivity contribution in [2.24, 2.45) is 10.9 Å². The normalized spacial score (nSPS) is 20.0. The molecule has 144 valence electrons. The van der Waals surface area contributed by atoms with Crippen molar-refractivity contribution in [3.63, 3.8) is 0 Å². The molecule has 1 aliphatic rings. The quantitative estimate of drug-likeness (QED) is 0.270. The van der Waals surface area contributed by atoms with Gasteiger partial charge in [0.15, 0.2) is 5.96 Å². The summed E-state index contributed by atoms with van der Waals surface area (Å²) in [5.41, 5.74) is 0. The molecule has 0 aromatic carbocycles. The number of aliphatic imine (C=N–C) groups is 1. The average Bonchev–Trinajstić information content (AvgIpc) is 3.09. The molecule has 0 spiro atoms. The zero-order chi connectivity index (χ0) is 17.2. The second-order valence-electron chi connectivity index (χ2n) is 6.86. The lowest BCUT2D eigenvalue weighted by molar-refractivity contribution is 0.142. The molecule has 0 bridgehead atoms. The summed E-state index contributed by atoms with van der Waals surface area (Å²) in [5.74, 6) is 1.74. The van der Waals surface area contributed by atoms with E-state index in [9.17, 15) is 0 Å². The zero-order valence-corrected chi connectivity index (χ0v) is 18.3. The minimum Gasteiger partial charge on any atom is -0.357 e. The summed E-state index contributed by atoms with van der Waals surface area (Å²) in [6, 6.07) is 2.47. The molecule has 2 rings (SSSR count). The number of likely N-dealkylation sites (tertiary alicyclic amines) is 1. The highest BCUT2D eigenvalue weighted by atomic mass is 127. The third kappa shape index (κ3) is 8.40. The summed E-state index contributed by atoms with van der Waals surface area (Å²) in [6.45, 7) is 12.8. The van der Waals surface area contributed by atoms with Crippen LogP contribution < -0.4 is 10.6 Å². The molecule has 1 fully saturated rings. The molecule has 1 aromatic heterocycles. The van der Waals surface area contributed by atoms with Crippen molar-refractivity contribution in [1.29, 1.82) is 0 Å². The number of hydrogen-bond donors (Lipinski definition) is 2. The molecular formula is C18H35IN6. The number of aryl methyl sites for hydroxylation is 1. The Labute approximate surface area is 169 Å². The molecular weight excluding hydrogens is 427 g/mol. The topological polar surface area (TPSA) is 57.5 Å². The molecule has 0 saturated carbocycles. The maximum Gasteiger partial charge on any atom is 0.191 e. The summed E-state index contributed by atoms with van der Waals surface area (Å²) in [5, 5.41) is 11.0. The summed E-state index contributed by atoms with van der Waals surface area (Å²) in [6.07, 6.45) is 7.54. The number of nitrogens with zero attached hydrogens (tertiary/aromatic N) is 4. The first kappa shape index (κ1) is 22.2. The number of nitrogens with one attached hydrogen (secondary N) is 2. The predicted octanol–water partition coefficient (Wildman–Crippen LogP) is 2.57. The highest BCUT2D eigenvalue weighted by Gasteiger charge is 2.20. The van der Waals surface area contributed by atoms with Gasteiger partial charge in [-0.3, -0.25) is 14.6 Å². The number of guanidine groups is 1. The molecule has 6 nitrogen and oxygen atoms in total. The molecule has 1 aliphatic heterocycles. The second-order valence-corrected chi connectivity index (χ2v) is 6.86. The van der Waals surface area contributed by atoms with Crippen LogP contribution in [0.3, 0.4) is 0 Å². The van der Waals surface area contributed by atoms with E-state index in [4.69, 9.17) is 4.99 Å². The standard InChI is InChI=1S/C18H34N6.HI/c1-4-19-18(20-9-6-12-24-13-7-10-22-24)21-14-17(3)23-11-5-8-16(2)15-23;/h7,10,13,16-17H,4-6,8-9,11-12,14-15H2,1-3H3,(H2,19,20,21);1H. The number of aromatic nitrogens is 2. The molecule has 7 heteroatoms. The van der Waals surface area contributed by atoms with Gasteiger partial charge >= 0.3 is 0 Å². The molecule has 2 unspecified atom stereocenters. The molecule has 1 aromatic rings.